The first-order valence-electron chi connectivity index (χ1n) is 6.08. The number of hydrogen-bond acceptors (Lipinski definition) is 1. The average Bonchev–Trinajstić information content (AvgIpc) is 2.24. The van der Waals surface area contributed by atoms with Gasteiger partial charge in [0.1, 0.15) is 0 Å². The van der Waals surface area contributed by atoms with Gasteiger partial charge in [-0.05, 0) is 36.5 Å². The van der Waals surface area contributed by atoms with Crippen molar-refractivity contribution in [2.75, 3.05) is 0 Å². The SMILES string of the molecule is CCCC1CC(C(=O)O)(c2ccc(Cl)cc2)C1. The highest BCUT2D eigenvalue weighted by atomic mass is 35.5. The van der Waals surface area contributed by atoms with E-state index in [2.05, 4.69) is 6.92 Å². The third-order valence-electron chi connectivity index (χ3n) is 3.78. The van der Waals surface area contributed by atoms with Crippen LogP contribution in [0.1, 0.15) is 38.2 Å². The van der Waals surface area contributed by atoms with Crippen molar-refractivity contribution in [1.29, 1.82) is 0 Å². The van der Waals surface area contributed by atoms with Crippen LogP contribution in [0.3, 0.4) is 0 Å². The number of halogens is 1. The van der Waals surface area contributed by atoms with Crippen molar-refractivity contribution in [1.82, 2.24) is 0 Å². The summed E-state index contributed by atoms with van der Waals surface area (Å²) in [6.07, 6.45) is 3.78. The molecule has 3 heteroatoms. The predicted molar refractivity (Wildman–Crippen MR) is 68.4 cm³/mol. The molecule has 1 fully saturated rings. The molecule has 1 saturated carbocycles. The lowest BCUT2D eigenvalue weighted by Crippen LogP contribution is -2.47. The number of carbonyl (C=O) groups is 1. The molecule has 0 amide bonds. The fourth-order valence-electron chi connectivity index (χ4n) is 2.84. The fourth-order valence-corrected chi connectivity index (χ4v) is 2.97. The van der Waals surface area contributed by atoms with Crippen molar-refractivity contribution in [3.05, 3.63) is 34.9 Å². The molecule has 2 rings (SSSR count). The third kappa shape index (κ3) is 2.19. The van der Waals surface area contributed by atoms with Crippen LogP contribution in [0.2, 0.25) is 5.02 Å². The van der Waals surface area contributed by atoms with E-state index in [1.165, 1.54) is 0 Å². The van der Waals surface area contributed by atoms with Crippen LogP contribution in [0, 0.1) is 5.92 Å². The van der Waals surface area contributed by atoms with Gasteiger partial charge in [-0.3, -0.25) is 4.79 Å². The van der Waals surface area contributed by atoms with E-state index in [-0.39, 0.29) is 0 Å². The summed E-state index contributed by atoms with van der Waals surface area (Å²) < 4.78 is 0. The van der Waals surface area contributed by atoms with Gasteiger partial charge in [-0.25, -0.2) is 0 Å². The molecule has 0 heterocycles. The van der Waals surface area contributed by atoms with Gasteiger partial charge in [-0.1, -0.05) is 43.5 Å². The highest BCUT2D eigenvalue weighted by Gasteiger charge is 2.50. The quantitative estimate of drug-likeness (QED) is 0.883. The lowest BCUT2D eigenvalue weighted by molar-refractivity contribution is -0.150. The van der Waals surface area contributed by atoms with E-state index in [9.17, 15) is 9.90 Å². The second-order valence-corrected chi connectivity index (χ2v) is 5.39. The fraction of sp³-hybridized carbons (Fsp3) is 0.500. The highest BCUT2D eigenvalue weighted by Crippen LogP contribution is 2.49. The van der Waals surface area contributed by atoms with E-state index in [4.69, 9.17) is 11.6 Å². The first-order valence-corrected chi connectivity index (χ1v) is 6.46. The molecule has 2 nitrogen and oxygen atoms in total. The van der Waals surface area contributed by atoms with Crippen LogP contribution in [-0.2, 0) is 10.2 Å². The maximum atomic E-state index is 11.5. The topological polar surface area (TPSA) is 37.3 Å². The zero-order chi connectivity index (χ0) is 12.5. The van der Waals surface area contributed by atoms with Gasteiger partial charge in [-0.15, -0.1) is 0 Å². The Labute approximate surface area is 107 Å². The molecular formula is C14H17ClO2. The standard InChI is InChI=1S/C14H17ClO2/c1-2-3-10-8-14(9-10,13(16)17)11-4-6-12(15)7-5-11/h4-7,10H,2-3,8-9H2,1H3,(H,16,17). The molecule has 17 heavy (non-hydrogen) atoms. The van der Waals surface area contributed by atoms with Crippen molar-refractivity contribution >= 4 is 17.6 Å². The van der Waals surface area contributed by atoms with Crippen LogP contribution in [0.25, 0.3) is 0 Å². The van der Waals surface area contributed by atoms with Gasteiger partial charge in [0.05, 0.1) is 5.41 Å². The van der Waals surface area contributed by atoms with Crippen molar-refractivity contribution in [2.45, 2.75) is 38.0 Å². The summed E-state index contributed by atoms with van der Waals surface area (Å²) in [6.45, 7) is 2.14. The predicted octanol–water partition coefficient (Wildman–Crippen LogP) is 3.87. The Morgan fingerprint density at radius 3 is 2.47 bits per heavy atom. The van der Waals surface area contributed by atoms with Gasteiger partial charge >= 0.3 is 5.97 Å². The van der Waals surface area contributed by atoms with Gasteiger partial charge in [0.2, 0.25) is 0 Å². The molecule has 1 aliphatic rings. The summed E-state index contributed by atoms with van der Waals surface area (Å²) in [7, 11) is 0. The second-order valence-electron chi connectivity index (χ2n) is 4.96. The molecule has 0 unspecified atom stereocenters. The number of carboxylic acids is 1. The van der Waals surface area contributed by atoms with E-state index in [1.54, 1.807) is 12.1 Å². The zero-order valence-corrected chi connectivity index (χ0v) is 10.7. The Bertz CT molecular complexity index is 405. The highest BCUT2D eigenvalue weighted by molar-refractivity contribution is 6.30. The monoisotopic (exact) mass is 252 g/mol. The Kier molecular flexibility index (Phi) is 3.43. The van der Waals surface area contributed by atoms with Crippen molar-refractivity contribution < 1.29 is 9.90 Å². The molecule has 1 aromatic carbocycles. The Morgan fingerprint density at radius 2 is 2.00 bits per heavy atom. The molecule has 0 aromatic heterocycles. The summed E-state index contributed by atoms with van der Waals surface area (Å²) in [5.74, 6) is -0.140. The van der Waals surface area contributed by atoms with Crippen LogP contribution in [0.4, 0.5) is 0 Å². The first kappa shape index (κ1) is 12.4. The molecule has 1 aromatic rings. The van der Waals surface area contributed by atoms with Crippen molar-refractivity contribution in [3.63, 3.8) is 0 Å². The molecule has 0 bridgehead atoms. The van der Waals surface area contributed by atoms with Gasteiger partial charge in [0, 0.05) is 5.02 Å². The zero-order valence-electron chi connectivity index (χ0n) is 9.95. The molecule has 1 aliphatic carbocycles. The van der Waals surface area contributed by atoms with E-state index in [1.807, 2.05) is 12.1 Å². The molecule has 0 radical (unpaired) electrons. The van der Waals surface area contributed by atoms with E-state index >= 15 is 0 Å². The Balaban J connectivity index is 2.20. The van der Waals surface area contributed by atoms with Crippen LogP contribution in [0.5, 0.6) is 0 Å². The largest absolute Gasteiger partial charge is 0.481 e. The van der Waals surface area contributed by atoms with Gasteiger partial charge in [-0.2, -0.15) is 0 Å². The smallest absolute Gasteiger partial charge is 0.314 e. The number of carboxylic acid groups (broad SMARTS) is 1. The number of rotatable bonds is 4. The molecular weight excluding hydrogens is 236 g/mol. The average molecular weight is 253 g/mol. The summed E-state index contributed by atoms with van der Waals surface area (Å²) in [5.41, 5.74) is 0.228. The number of hydrogen-bond donors (Lipinski definition) is 1. The third-order valence-corrected chi connectivity index (χ3v) is 4.03. The van der Waals surface area contributed by atoms with Gasteiger partial charge in [0.25, 0.3) is 0 Å². The lowest BCUT2D eigenvalue weighted by Gasteiger charge is -2.45. The minimum atomic E-state index is -0.702. The minimum Gasteiger partial charge on any atom is -0.481 e. The number of benzene rings is 1. The van der Waals surface area contributed by atoms with Gasteiger partial charge in [0.15, 0.2) is 0 Å². The summed E-state index contributed by atoms with van der Waals surface area (Å²) in [6, 6.07) is 7.24. The maximum absolute atomic E-state index is 11.5. The summed E-state index contributed by atoms with van der Waals surface area (Å²) in [5, 5.41) is 10.1. The Morgan fingerprint density at radius 1 is 1.41 bits per heavy atom. The Hall–Kier alpha value is -1.02. The van der Waals surface area contributed by atoms with E-state index in [0.717, 1.165) is 31.2 Å². The number of aliphatic carboxylic acids is 1. The molecule has 0 atom stereocenters. The molecule has 92 valence electrons. The van der Waals surface area contributed by atoms with E-state index < -0.39 is 11.4 Å². The molecule has 1 N–H and O–H groups in total. The summed E-state index contributed by atoms with van der Waals surface area (Å²) >= 11 is 5.83. The molecule has 0 spiro atoms. The first-order chi connectivity index (χ1) is 8.08. The molecule has 0 aliphatic heterocycles. The second kappa shape index (κ2) is 4.69. The van der Waals surface area contributed by atoms with E-state index in [0.29, 0.717) is 10.9 Å². The van der Waals surface area contributed by atoms with Crippen molar-refractivity contribution in [2.24, 2.45) is 5.92 Å². The van der Waals surface area contributed by atoms with Crippen LogP contribution in [-0.4, -0.2) is 11.1 Å². The normalized spacial score (nSPS) is 27.5. The minimum absolute atomic E-state index is 0.562. The van der Waals surface area contributed by atoms with Gasteiger partial charge < -0.3 is 5.11 Å². The summed E-state index contributed by atoms with van der Waals surface area (Å²) in [4.78, 5) is 11.5. The van der Waals surface area contributed by atoms with Crippen LogP contribution >= 0.6 is 11.6 Å². The van der Waals surface area contributed by atoms with Crippen LogP contribution < -0.4 is 0 Å². The van der Waals surface area contributed by atoms with Crippen molar-refractivity contribution in [3.8, 4) is 0 Å². The maximum Gasteiger partial charge on any atom is 0.314 e. The molecule has 0 saturated heterocycles. The lowest BCUT2D eigenvalue weighted by atomic mass is 9.57. The van der Waals surface area contributed by atoms with Crippen LogP contribution in [0.15, 0.2) is 24.3 Å².